The molecule has 5 heteroatoms. The molecule has 4 aliphatic carbocycles. The molecule has 4 fully saturated rings. The fraction of sp³-hybridized carbons (Fsp3) is 0.871. The summed E-state index contributed by atoms with van der Waals surface area (Å²) >= 11 is 0. The molecule has 4 saturated carbocycles. The number of amides is 1. The lowest BCUT2D eigenvalue weighted by Gasteiger charge is -2.61. The van der Waals surface area contributed by atoms with Crippen LogP contribution in [0.4, 0.5) is 0 Å². The van der Waals surface area contributed by atoms with E-state index >= 15 is 0 Å². The number of fused-ring (bicyclic) bond motifs is 7. The van der Waals surface area contributed by atoms with Crippen LogP contribution in [0.1, 0.15) is 106 Å². The molecule has 5 nitrogen and oxygen atoms in total. The molecular formula is C31H49NO4. The molecule has 1 heterocycles. The largest absolute Gasteiger partial charge is 0.494 e. The number of carbonyl (C=O) groups is 2. The topological polar surface area (TPSA) is 64.6 Å². The Kier molecular flexibility index (Phi) is 7.00. The van der Waals surface area contributed by atoms with Gasteiger partial charge in [-0.05, 0) is 111 Å². The Hall–Kier alpha value is -1.52. The van der Waals surface area contributed by atoms with Crippen LogP contribution >= 0.6 is 0 Å². The number of allylic oxidation sites excluding steroid dienone is 1. The van der Waals surface area contributed by atoms with Crippen molar-refractivity contribution in [1.29, 1.82) is 0 Å². The van der Waals surface area contributed by atoms with Gasteiger partial charge in [-0.3, -0.25) is 9.59 Å². The van der Waals surface area contributed by atoms with Crippen LogP contribution in [0.5, 0.6) is 0 Å². The first-order valence-corrected chi connectivity index (χ1v) is 14.8. The number of hydrogen-bond acceptors (Lipinski definition) is 4. The van der Waals surface area contributed by atoms with Crippen molar-refractivity contribution in [3.8, 4) is 0 Å². The average molecular weight is 500 g/mol. The molecule has 202 valence electrons. The zero-order chi connectivity index (χ0) is 25.8. The summed E-state index contributed by atoms with van der Waals surface area (Å²) < 4.78 is 12.4. The molecular weight excluding hydrogens is 450 g/mol. The maximum absolute atomic E-state index is 11.6. The first-order valence-electron chi connectivity index (χ1n) is 14.8. The molecule has 1 amide bonds. The van der Waals surface area contributed by atoms with Gasteiger partial charge in [0.2, 0.25) is 5.91 Å². The highest BCUT2D eigenvalue weighted by Gasteiger charge is 2.64. The highest BCUT2D eigenvalue weighted by molar-refractivity contribution is 5.72. The van der Waals surface area contributed by atoms with Crippen molar-refractivity contribution in [2.45, 2.75) is 118 Å². The van der Waals surface area contributed by atoms with E-state index in [-0.39, 0.29) is 18.0 Å². The van der Waals surface area contributed by atoms with E-state index in [0.29, 0.717) is 34.7 Å². The SMILES string of the molecule is CC(=O)NCC(C)CCC1=C(C)C2C(CC3C4CC[C@H]5CC(OC(C)=O)CC[C@]5(C)C4CC[C@@]32C)O1. The molecule has 0 spiro atoms. The second kappa shape index (κ2) is 9.66. The van der Waals surface area contributed by atoms with Gasteiger partial charge in [0.1, 0.15) is 12.2 Å². The summed E-state index contributed by atoms with van der Waals surface area (Å²) in [7, 11) is 0. The number of rotatable bonds is 6. The van der Waals surface area contributed by atoms with Crippen LogP contribution in [0.25, 0.3) is 0 Å². The Morgan fingerprint density at radius 3 is 2.53 bits per heavy atom. The molecule has 0 bridgehead atoms. The monoisotopic (exact) mass is 499 g/mol. The first kappa shape index (κ1) is 26.1. The van der Waals surface area contributed by atoms with Gasteiger partial charge in [-0.2, -0.15) is 0 Å². The number of nitrogens with one attached hydrogen (secondary N) is 1. The Bertz CT molecular complexity index is 912. The molecule has 10 atom stereocenters. The zero-order valence-corrected chi connectivity index (χ0v) is 23.5. The number of carbonyl (C=O) groups excluding carboxylic acids is 2. The summed E-state index contributed by atoms with van der Waals surface area (Å²) in [5.74, 6) is 5.32. The van der Waals surface area contributed by atoms with Gasteiger partial charge >= 0.3 is 5.97 Å². The van der Waals surface area contributed by atoms with Gasteiger partial charge in [-0.1, -0.05) is 20.8 Å². The van der Waals surface area contributed by atoms with Crippen molar-refractivity contribution in [2.24, 2.45) is 46.3 Å². The fourth-order valence-corrected chi connectivity index (χ4v) is 9.94. The Balaban J connectivity index is 1.26. The normalized spacial score (nSPS) is 44.0. The molecule has 0 saturated heterocycles. The lowest BCUT2D eigenvalue weighted by Crippen LogP contribution is -2.54. The first-order chi connectivity index (χ1) is 17.0. The zero-order valence-electron chi connectivity index (χ0n) is 23.5. The van der Waals surface area contributed by atoms with Crippen LogP contribution in [0, 0.1) is 46.3 Å². The third-order valence-corrected chi connectivity index (χ3v) is 11.7. The summed E-state index contributed by atoms with van der Waals surface area (Å²) in [6, 6.07) is 0. The molecule has 7 unspecified atom stereocenters. The van der Waals surface area contributed by atoms with Gasteiger partial charge < -0.3 is 14.8 Å². The van der Waals surface area contributed by atoms with Crippen molar-refractivity contribution in [3.63, 3.8) is 0 Å². The fourth-order valence-electron chi connectivity index (χ4n) is 9.94. The molecule has 5 rings (SSSR count). The third-order valence-electron chi connectivity index (χ3n) is 11.7. The van der Waals surface area contributed by atoms with E-state index in [1.165, 1.54) is 49.9 Å². The average Bonchev–Trinajstić information content (AvgIpc) is 3.29. The molecule has 0 aromatic heterocycles. The highest BCUT2D eigenvalue weighted by Crippen LogP contribution is 2.69. The van der Waals surface area contributed by atoms with Gasteiger partial charge in [0.15, 0.2) is 0 Å². The van der Waals surface area contributed by atoms with Gasteiger partial charge in [0.05, 0.1) is 5.76 Å². The summed E-state index contributed by atoms with van der Waals surface area (Å²) in [5.41, 5.74) is 2.29. The van der Waals surface area contributed by atoms with Crippen LogP contribution < -0.4 is 5.32 Å². The van der Waals surface area contributed by atoms with Crippen molar-refractivity contribution in [2.75, 3.05) is 6.54 Å². The molecule has 0 aromatic rings. The number of hydrogen-bond donors (Lipinski definition) is 1. The molecule has 0 radical (unpaired) electrons. The van der Waals surface area contributed by atoms with E-state index in [9.17, 15) is 9.59 Å². The summed E-state index contributed by atoms with van der Waals surface area (Å²) in [4.78, 5) is 22.8. The summed E-state index contributed by atoms with van der Waals surface area (Å²) in [6.07, 6.45) is 12.4. The minimum absolute atomic E-state index is 0.0544. The van der Waals surface area contributed by atoms with Crippen molar-refractivity contribution >= 4 is 11.9 Å². The maximum atomic E-state index is 11.6. The van der Waals surface area contributed by atoms with Crippen LogP contribution in [0.3, 0.4) is 0 Å². The minimum atomic E-state index is -0.117. The standard InChI is InChI=1S/C31H49NO4/c1-18(17-32-20(3)33)7-10-27-19(2)29-28(36-27)16-26-24-9-8-22-15-23(35-21(4)34)11-13-30(22,5)25(24)12-14-31(26,29)6/h18,22-26,28-29H,7-17H2,1-6H3,(H,32,33)/t18?,22-,23?,24?,25?,26?,28?,29?,30-,31-/m0/s1. The molecule has 0 aromatic carbocycles. The molecule has 1 N–H and O–H groups in total. The van der Waals surface area contributed by atoms with E-state index in [2.05, 4.69) is 33.0 Å². The van der Waals surface area contributed by atoms with Crippen LogP contribution in [0.2, 0.25) is 0 Å². The number of ether oxygens (including phenoxy) is 2. The second-order valence-corrected chi connectivity index (χ2v) is 13.8. The van der Waals surface area contributed by atoms with Gasteiger partial charge in [0, 0.05) is 32.7 Å². The highest BCUT2D eigenvalue weighted by atomic mass is 16.5. The van der Waals surface area contributed by atoms with E-state index in [1.807, 2.05) is 0 Å². The summed E-state index contributed by atoms with van der Waals surface area (Å²) in [6.45, 7) is 13.6. The van der Waals surface area contributed by atoms with Crippen molar-refractivity contribution in [3.05, 3.63) is 11.3 Å². The third kappa shape index (κ3) is 4.41. The molecule has 1 aliphatic heterocycles. The molecule has 5 aliphatic rings. The smallest absolute Gasteiger partial charge is 0.302 e. The quantitative estimate of drug-likeness (QED) is 0.429. The van der Waals surface area contributed by atoms with E-state index in [4.69, 9.17) is 9.47 Å². The molecule has 36 heavy (non-hydrogen) atoms. The lowest BCUT2D eigenvalue weighted by molar-refractivity contribution is -0.159. The van der Waals surface area contributed by atoms with E-state index < -0.39 is 0 Å². The van der Waals surface area contributed by atoms with Crippen LogP contribution in [-0.4, -0.2) is 30.6 Å². The van der Waals surface area contributed by atoms with Crippen LogP contribution in [-0.2, 0) is 19.1 Å². The summed E-state index contributed by atoms with van der Waals surface area (Å²) in [5, 5.41) is 2.96. The Morgan fingerprint density at radius 2 is 1.81 bits per heavy atom. The maximum Gasteiger partial charge on any atom is 0.302 e. The van der Waals surface area contributed by atoms with Crippen molar-refractivity contribution in [1.82, 2.24) is 5.32 Å². The Labute approximate surface area is 218 Å². The second-order valence-electron chi connectivity index (χ2n) is 13.8. The van der Waals surface area contributed by atoms with Gasteiger partial charge in [-0.15, -0.1) is 0 Å². The minimum Gasteiger partial charge on any atom is -0.494 e. The van der Waals surface area contributed by atoms with Gasteiger partial charge in [-0.25, -0.2) is 0 Å². The van der Waals surface area contributed by atoms with Crippen molar-refractivity contribution < 1.29 is 19.1 Å². The van der Waals surface area contributed by atoms with E-state index in [1.54, 1.807) is 13.8 Å². The van der Waals surface area contributed by atoms with Crippen LogP contribution in [0.15, 0.2) is 11.3 Å². The lowest BCUT2D eigenvalue weighted by atomic mass is 9.44. The number of esters is 1. The van der Waals surface area contributed by atoms with Gasteiger partial charge in [0.25, 0.3) is 0 Å². The predicted molar refractivity (Wildman–Crippen MR) is 141 cm³/mol. The van der Waals surface area contributed by atoms with E-state index in [0.717, 1.165) is 50.0 Å². The predicted octanol–water partition coefficient (Wildman–Crippen LogP) is 6.41. The Morgan fingerprint density at radius 1 is 1.06 bits per heavy atom.